The molecular weight excluding hydrogens is 230 g/mol. The first kappa shape index (κ1) is 13.3. The predicted molar refractivity (Wildman–Crippen MR) is 68.7 cm³/mol. The maximum atomic E-state index is 12.2. The van der Waals surface area contributed by atoms with Crippen LogP contribution >= 0.6 is 0 Å². The van der Waals surface area contributed by atoms with E-state index in [2.05, 4.69) is 17.6 Å². The Bertz CT molecular complexity index is 322. The molecule has 2 aliphatic rings. The fourth-order valence-corrected chi connectivity index (χ4v) is 2.91. The topological polar surface area (TPSA) is 84.2 Å². The van der Waals surface area contributed by atoms with Gasteiger partial charge in [0.05, 0.1) is 5.92 Å². The van der Waals surface area contributed by atoms with E-state index in [1.807, 2.05) is 0 Å². The second-order valence-electron chi connectivity index (χ2n) is 5.64. The number of hydrogen-bond donors (Lipinski definition) is 3. The molecule has 0 aromatic heterocycles. The number of carbonyl (C=O) groups is 2. The quantitative estimate of drug-likeness (QED) is 0.654. The molecule has 5 heteroatoms. The van der Waals surface area contributed by atoms with Crippen LogP contribution in [0.1, 0.15) is 39.0 Å². The van der Waals surface area contributed by atoms with Crippen LogP contribution in [-0.2, 0) is 9.59 Å². The highest BCUT2D eigenvalue weighted by molar-refractivity contribution is 5.81. The van der Waals surface area contributed by atoms with Crippen LogP contribution in [0.5, 0.6) is 0 Å². The molecule has 0 bridgehead atoms. The van der Waals surface area contributed by atoms with Gasteiger partial charge in [-0.25, -0.2) is 0 Å². The lowest BCUT2D eigenvalue weighted by atomic mass is 9.77. The molecule has 18 heavy (non-hydrogen) atoms. The Morgan fingerprint density at radius 1 is 1.39 bits per heavy atom. The second-order valence-corrected chi connectivity index (χ2v) is 5.64. The summed E-state index contributed by atoms with van der Waals surface area (Å²) in [7, 11) is 0. The second kappa shape index (κ2) is 5.69. The highest BCUT2D eigenvalue weighted by Crippen LogP contribution is 2.28. The van der Waals surface area contributed by atoms with Crippen LogP contribution in [0, 0.1) is 11.8 Å². The molecule has 0 spiro atoms. The van der Waals surface area contributed by atoms with Crippen LogP contribution in [0.15, 0.2) is 0 Å². The van der Waals surface area contributed by atoms with Crippen LogP contribution < -0.4 is 16.4 Å². The summed E-state index contributed by atoms with van der Waals surface area (Å²) < 4.78 is 0. The molecule has 2 amide bonds. The van der Waals surface area contributed by atoms with Gasteiger partial charge >= 0.3 is 0 Å². The lowest BCUT2D eigenvalue weighted by Crippen LogP contribution is -2.53. The summed E-state index contributed by atoms with van der Waals surface area (Å²) in [6.45, 7) is 2.66. The molecule has 1 heterocycles. The van der Waals surface area contributed by atoms with Crippen molar-refractivity contribution in [1.29, 1.82) is 0 Å². The summed E-state index contributed by atoms with van der Waals surface area (Å²) in [5.74, 6) is 0.491. The van der Waals surface area contributed by atoms with Crippen molar-refractivity contribution in [3.63, 3.8) is 0 Å². The Morgan fingerprint density at radius 3 is 2.83 bits per heavy atom. The smallest absolute Gasteiger partial charge is 0.224 e. The van der Waals surface area contributed by atoms with E-state index in [9.17, 15) is 9.59 Å². The summed E-state index contributed by atoms with van der Waals surface area (Å²) in [6, 6.07) is 0.0385. The van der Waals surface area contributed by atoms with Gasteiger partial charge in [-0.2, -0.15) is 0 Å². The normalized spacial score (nSPS) is 36.9. The van der Waals surface area contributed by atoms with Crippen molar-refractivity contribution in [3.05, 3.63) is 0 Å². The number of hydrogen-bond acceptors (Lipinski definition) is 3. The van der Waals surface area contributed by atoms with E-state index in [0.29, 0.717) is 18.9 Å². The molecule has 0 radical (unpaired) electrons. The largest absolute Gasteiger partial charge is 0.354 e. The first-order valence-corrected chi connectivity index (χ1v) is 6.90. The maximum Gasteiger partial charge on any atom is 0.224 e. The molecular formula is C13H23N3O2. The average molecular weight is 253 g/mol. The van der Waals surface area contributed by atoms with Crippen LogP contribution in [0.4, 0.5) is 0 Å². The monoisotopic (exact) mass is 253 g/mol. The average Bonchev–Trinajstić information content (AvgIpc) is 2.35. The Labute approximate surface area is 108 Å². The Hall–Kier alpha value is -1.10. The minimum absolute atomic E-state index is 0.0306. The minimum Gasteiger partial charge on any atom is -0.354 e. The molecule has 5 nitrogen and oxygen atoms in total. The van der Waals surface area contributed by atoms with E-state index in [-0.39, 0.29) is 29.8 Å². The molecule has 1 aliphatic carbocycles. The third-order valence-electron chi connectivity index (χ3n) is 4.24. The zero-order valence-electron chi connectivity index (χ0n) is 10.9. The molecule has 2 fully saturated rings. The summed E-state index contributed by atoms with van der Waals surface area (Å²) in [5.41, 5.74) is 6.12. The van der Waals surface area contributed by atoms with E-state index < -0.39 is 0 Å². The van der Waals surface area contributed by atoms with Gasteiger partial charge < -0.3 is 16.4 Å². The van der Waals surface area contributed by atoms with E-state index in [0.717, 1.165) is 25.7 Å². The van der Waals surface area contributed by atoms with E-state index in [1.54, 1.807) is 0 Å². The van der Waals surface area contributed by atoms with Crippen LogP contribution in [0.2, 0.25) is 0 Å². The lowest BCUT2D eigenvalue weighted by molar-refractivity contribution is -0.129. The summed E-state index contributed by atoms with van der Waals surface area (Å²) in [5, 5.41) is 5.80. The highest BCUT2D eigenvalue weighted by Gasteiger charge is 2.33. The summed E-state index contributed by atoms with van der Waals surface area (Å²) >= 11 is 0. The highest BCUT2D eigenvalue weighted by atomic mass is 16.2. The van der Waals surface area contributed by atoms with Gasteiger partial charge in [-0.05, 0) is 25.2 Å². The number of piperidine rings is 1. The number of nitrogens with one attached hydrogen (secondary N) is 2. The molecule has 0 aromatic carbocycles. The van der Waals surface area contributed by atoms with Gasteiger partial charge in [0.15, 0.2) is 0 Å². The van der Waals surface area contributed by atoms with Crippen molar-refractivity contribution in [2.45, 2.75) is 51.1 Å². The van der Waals surface area contributed by atoms with Crippen molar-refractivity contribution in [2.75, 3.05) is 6.54 Å². The predicted octanol–water partition coefficient (Wildman–Crippen LogP) is 0.145. The maximum absolute atomic E-state index is 12.2. The molecule has 4 atom stereocenters. The van der Waals surface area contributed by atoms with Crippen LogP contribution in [-0.4, -0.2) is 30.4 Å². The fraction of sp³-hybridized carbons (Fsp3) is 0.846. The first-order chi connectivity index (χ1) is 8.58. The van der Waals surface area contributed by atoms with Crippen LogP contribution in [0.3, 0.4) is 0 Å². The zero-order valence-corrected chi connectivity index (χ0v) is 10.9. The molecule has 102 valence electrons. The Kier molecular flexibility index (Phi) is 4.22. The van der Waals surface area contributed by atoms with Gasteiger partial charge in [-0.1, -0.05) is 13.3 Å². The number of carbonyl (C=O) groups excluding carboxylic acids is 2. The minimum atomic E-state index is -0.0635. The molecule has 1 saturated carbocycles. The van der Waals surface area contributed by atoms with Gasteiger partial charge in [-0.3, -0.25) is 9.59 Å². The zero-order chi connectivity index (χ0) is 13.1. The van der Waals surface area contributed by atoms with Crippen molar-refractivity contribution >= 4 is 11.8 Å². The molecule has 2 rings (SSSR count). The first-order valence-electron chi connectivity index (χ1n) is 6.90. The SMILES string of the molecule is CC1CCCC(C(=O)NC2CCC(=O)NC2)C1N. The van der Waals surface area contributed by atoms with Crippen molar-refractivity contribution in [1.82, 2.24) is 10.6 Å². The van der Waals surface area contributed by atoms with Crippen LogP contribution in [0.25, 0.3) is 0 Å². The summed E-state index contributed by atoms with van der Waals surface area (Å²) in [4.78, 5) is 23.2. The number of amides is 2. The van der Waals surface area contributed by atoms with Crippen molar-refractivity contribution < 1.29 is 9.59 Å². The number of rotatable bonds is 2. The fourth-order valence-electron chi connectivity index (χ4n) is 2.91. The molecule has 1 saturated heterocycles. The lowest BCUT2D eigenvalue weighted by Gasteiger charge is -2.34. The van der Waals surface area contributed by atoms with Gasteiger partial charge in [0.2, 0.25) is 11.8 Å². The van der Waals surface area contributed by atoms with Gasteiger partial charge in [0.1, 0.15) is 0 Å². The Morgan fingerprint density at radius 2 is 2.17 bits per heavy atom. The molecule has 0 aromatic rings. The summed E-state index contributed by atoms with van der Waals surface area (Å²) in [6.07, 6.45) is 4.31. The van der Waals surface area contributed by atoms with E-state index in [1.165, 1.54) is 0 Å². The van der Waals surface area contributed by atoms with Crippen molar-refractivity contribution in [3.8, 4) is 0 Å². The third kappa shape index (κ3) is 3.02. The molecule has 1 aliphatic heterocycles. The van der Waals surface area contributed by atoms with E-state index >= 15 is 0 Å². The number of nitrogens with two attached hydrogens (primary N) is 1. The molecule has 4 unspecified atom stereocenters. The van der Waals surface area contributed by atoms with Crippen molar-refractivity contribution in [2.24, 2.45) is 17.6 Å². The third-order valence-corrected chi connectivity index (χ3v) is 4.24. The Balaban J connectivity index is 1.85. The van der Waals surface area contributed by atoms with E-state index in [4.69, 9.17) is 5.73 Å². The van der Waals surface area contributed by atoms with Gasteiger partial charge in [0, 0.05) is 25.0 Å². The van der Waals surface area contributed by atoms with Gasteiger partial charge in [-0.15, -0.1) is 0 Å². The standard InChI is InChI=1S/C13H23N3O2/c1-8-3-2-4-10(12(8)14)13(18)16-9-5-6-11(17)15-7-9/h8-10,12H,2-7,14H2,1H3,(H,15,17)(H,16,18). The van der Waals surface area contributed by atoms with Gasteiger partial charge in [0.25, 0.3) is 0 Å². The molecule has 4 N–H and O–H groups in total.